The molecule has 0 saturated heterocycles. The van der Waals surface area contributed by atoms with E-state index in [1.54, 1.807) is 12.1 Å². The molecule has 0 aliphatic rings. The number of furan rings is 1. The highest BCUT2D eigenvalue weighted by molar-refractivity contribution is 9.10. The smallest absolute Gasteiger partial charge is 0.328 e. The molecule has 2 heterocycles. The first-order valence-electron chi connectivity index (χ1n) is 9.27. The fourth-order valence-electron chi connectivity index (χ4n) is 3.11. The Labute approximate surface area is 182 Å². The van der Waals surface area contributed by atoms with Crippen molar-refractivity contribution in [3.8, 4) is 5.69 Å². The van der Waals surface area contributed by atoms with Crippen molar-refractivity contribution in [2.45, 2.75) is 26.8 Å². The van der Waals surface area contributed by atoms with Crippen molar-refractivity contribution in [2.24, 2.45) is 0 Å². The summed E-state index contributed by atoms with van der Waals surface area (Å²) in [6, 6.07) is 11.6. The molecule has 0 bridgehead atoms. The van der Waals surface area contributed by atoms with Crippen LogP contribution in [0.15, 0.2) is 57.6 Å². The van der Waals surface area contributed by atoms with Crippen LogP contribution in [0.1, 0.15) is 39.2 Å². The molecule has 0 fully saturated rings. The van der Waals surface area contributed by atoms with Crippen molar-refractivity contribution in [2.75, 3.05) is 6.61 Å². The molecule has 1 N–H and O–H groups in total. The van der Waals surface area contributed by atoms with E-state index in [9.17, 15) is 14.4 Å². The van der Waals surface area contributed by atoms with Gasteiger partial charge in [-0.15, -0.1) is 0 Å². The molecule has 156 valence electrons. The van der Waals surface area contributed by atoms with Crippen LogP contribution in [0.5, 0.6) is 0 Å². The predicted molar refractivity (Wildman–Crippen MR) is 114 cm³/mol. The third-order valence-corrected chi connectivity index (χ3v) is 5.14. The van der Waals surface area contributed by atoms with Gasteiger partial charge in [0.1, 0.15) is 6.04 Å². The SMILES string of the molecule is Cc1cc(C(=O)COC(=O)C(C)NC(=O)c2ccco2)c(C)n1-c1ccc(Br)cc1. The van der Waals surface area contributed by atoms with Gasteiger partial charge >= 0.3 is 5.97 Å². The Bertz CT molecular complexity index is 1070. The van der Waals surface area contributed by atoms with Gasteiger partial charge in [0.25, 0.3) is 5.91 Å². The molecule has 3 aromatic rings. The number of carbonyl (C=O) groups excluding carboxylic acids is 3. The summed E-state index contributed by atoms with van der Waals surface area (Å²) >= 11 is 3.41. The monoisotopic (exact) mass is 472 g/mol. The number of Topliss-reactive ketones (excluding diaryl/α,β-unsaturated/α-hetero) is 1. The van der Waals surface area contributed by atoms with E-state index >= 15 is 0 Å². The van der Waals surface area contributed by atoms with Gasteiger partial charge in [0.2, 0.25) is 5.78 Å². The number of aromatic nitrogens is 1. The summed E-state index contributed by atoms with van der Waals surface area (Å²) < 4.78 is 13.0. The Morgan fingerprint density at radius 3 is 2.50 bits per heavy atom. The summed E-state index contributed by atoms with van der Waals surface area (Å²) in [5.74, 6) is -1.46. The van der Waals surface area contributed by atoms with Crippen LogP contribution in [-0.2, 0) is 9.53 Å². The van der Waals surface area contributed by atoms with Gasteiger partial charge in [0, 0.05) is 27.1 Å². The quantitative estimate of drug-likeness (QED) is 0.414. The maximum atomic E-state index is 12.7. The van der Waals surface area contributed by atoms with E-state index in [1.807, 2.05) is 42.7 Å². The number of aryl methyl sites for hydroxylation is 1. The average molecular weight is 473 g/mol. The Morgan fingerprint density at radius 2 is 1.87 bits per heavy atom. The lowest BCUT2D eigenvalue weighted by Gasteiger charge is -2.12. The third kappa shape index (κ3) is 4.71. The molecule has 1 atom stereocenters. The predicted octanol–water partition coefficient (Wildman–Crippen LogP) is 3.99. The van der Waals surface area contributed by atoms with Crippen LogP contribution >= 0.6 is 15.9 Å². The lowest BCUT2D eigenvalue weighted by Crippen LogP contribution is -2.40. The largest absolute Gasteiger partial charge is 0.459 e. The van der Waals surface area contributed by atoms with Gasteiger partial charge in [0.05, 0.1) is 6.26 Å². The number of carbonyl (C=O) groups is 3. The highest BCUT2D eigenvalue weighted by Crippen LogP contribution is 2.22. The number of esters is 1. The van der Waals surface area contributed by atoms with E-state index in [4.69, 9.17) is 9.15 Å². The zero-order chi connectivity index (χ0) is 21.8. The topological polar surface area (TPSA) is 90.5 Å². The zero-order valence-corrected chi connectivity index (χ0v) is 18.4. The number of halogens is 1. The summed E-state index contributed by atoms with van der Waals surface area (Å²) in [7, 11) is 0. The second kappa shape index (κ2) is 9.13. The van der Waals surface area contributed by atoms with Crippen molar-refractivity contribution >= 4 is 33.6 Å². The number of hydrogen-bond acceptors (Lipinski definition) is 5. The van der Waals surface area contributed by atoms with Gasteiger partial charge in [-0.1, -0.05) is 15.9 Å². The first-order valence-corrected chi connectivity index (χ1v) is 10.1. The zero-order valence-electron chi connectivity index (χ0n) is 16.8. The van der Waals surface area contributed by atoms with E-state index in [-0.39, 0.29) is 11.5 Å². The number of benzene rings is 1. The molecule has 1 amide bonds. The number of hydrogen-bond donors (Lipinski definition) is 1. The number of rotatable bonds is 7. The molecule has 0 aliphatic heterocycles. The molecule has 30 heavy (non-hydrogen) atoms. The van der Waals surface area contributed by atoms with Crippen molar-refractivity contribution < 1.29 is 23.5 Å². The highest BCUT2D eigenvalue weighted by Gasteiger charge is 2.22. The second-order valence-corrected chi connectivity index (χ2v) is 7.72. The average Bonchev–Trinajstić information content (AvgIpc) is 3.35. The van der Waals surface area contributed by atoms with Crippen molar-refractivity contribution in [3.05, 3.63) is 75.9 Å². The third-order valence-electron chi connectivity index (χ3n) is 4.61. The lowest BCUT2D eigenvalue weighted by molar-refractivity contribution is -0.144. The van der Waals surface area contributed by atoms with Crippen LogP contribution in [-0.4, -0.2) is 34.9 Å². The normalized spacial score (nSPS) is 11.7. The van der Waals surface area contributed by atoms with E-state index in [2.05, 4.69) is 21.2 Å². The van der Waals surface area contributed by atoms with Gasteiger partial charge in [-0.3, -0.25) is 9.59 Å². The molecule has 1 aromatic carbocycles. The molecule has 7 nitrogen and oxygen atoms in total. The van der Waals surface area contributed by atoms with Crippen molar-refractivity contribution in [1.82, 2.24) is 9.88 Å². The van der Waals surface area contributed by atoms with Crippen LogP contribution < -0.4 is 5.32 Å². The van der Waals surface area contributed by atoms with Crippen LogP contribution in [0.25, 0.3) is 5.69 Å². The summed E-state index contributed by atoms with van der Waals surface area (Å²) in [6.07, 6.45) is 1.36. The lowest BCUT2D eigenvalue weighted by atomic mass is 10.1. The van der Waals surface area contributed by atoms with E-state index in [1.165, 1.54) is 19.3 Å². The van der Waals surface area contributed by atoms with Gasteiger partial charge in [-0.05, 0) is 63.2 Å². The van der Waals surface area contributed by atoms with Crippen molar-refractivity contribution in [3.63, 3.8) is 0 Å². The standard InChI is InChI=1S/C22H21BrN2O5/c1-13-11-18(15(3)25(13)17-8-6-16(23)7-9-17)19(26)12-30-22(28)14(2)24-21(27)20-5-4-10-29-20/h4-11,14H,12H2,1-3H3,(H,24,27). The number of ether oxygens (including phenoxy) is 1. The maximum absolute atomic E-state index is 12.7. The van der Waals surface area contributed by atoms with E-state index < -0.39 is 24.5 Å². The molecular formula is C22H21BrN2O5. The van der Waals surface area contributed by atoms with Crippen LogP contribution in [0.4, 0.5) is 0 Å². The molecule has 8 heteroatoms. The number of nitrogens with one attached hydrogen (secondary N) is 1. The molecule has 0 saturated carbocycles. The minimum Gasteiger partial charge on any atom is -0.459 e. The first-order chi connectivity index (χ1) is 14.3. The number of ketones is 1. The fourth-order valence-corrected chi connectivity index (χ4v) is 3.37. The minimum absolute atomic E-state index is 0.0890. The fraction of sp³-hybridized carbons (Fsp3) is 0.227. The Hall–Kier alpha value is -3.13. The second-order valence-electron chi connectivity index (χ2n) is 6.80. The summed E-state index contributed by atoms with van der Waals surface area (Å²) in [5.41, 5.74) is 3.06. The van der Waals surface area contributed by atoms with Crippen molar-refractivity contribution in [1.29, 1.82) is 0 Å². The Kier molecular flexibility index (Phi) is 6.56. The van der Waals surface area contributed by atoms with E-state index in [0.717, 1.165) is 21.5 Å². The van der Waals surface area contributed by atoms with Gasteiger partial charge in [0.15, 0.2) is 12.4 Å². The number of nitrogens with zero attached hydrogens (tertiary/aromatic N) is 1. The van der Waals surface area contributed by atoms with Gasteiger partial charge < -0.3 is 19.0 Å². The molecule has 0 aliphatic carbocycles. The molecule has 1 unspecified atom stereocenters. The summed E-state index contributed by atoms with van der Waals surface area (Å²) in [5, 5.41) is 2.47. The van der Waals surface area contributed by atoms with Gasteiger partial charge in [-0.2, -0.15) is 0 Å². The van der Waals surface area contributed by atoms with Crippen LogP contribution in [0.3, 0.4) is 0 Å². The number of amides is 1. The summed E-state index contributed by atoms with van der Waals surface area (Å²) in [6.45, 7) is 4.82. The first kappa shape index (κ1) is 21.6. The molecule has 0 radical (unpaired) electrons. The maximum Gasteiger partial charge on any atom is 0.328 e. The molecular weight excluding hydrogens is 452 g/mol. The highest BCUT2D eigenvalue weighted by atomic mass is 79.9. The van der Waals surface area contributed by atoms with E-state index in [0.29, 0.717) is 5.56 Å². The van der Waals surface area contributed by atoms with Crippen LogP contribution in [0, 0.1) is 13.8 Å². The molecule has 2 aromatic heterocycles. The van der Waals surface area contributed by atoms with Gasteiger partial charge in [-0.25, -0.2) is 4.79 Å². The molecule has 0 spiro atoms. The Balaban J connectivity index is 1.63. The Morgan fingerprint density at radius 1 is 1.17 bits per heavy atom. The van der Waals surface area contributed by atoms with Crippen LogP contribution in [0.2, 0.25) is 0 Å². The molecule has 3 rings (SSSR count). The minimum atomic E-state index is -0.925. The summed E-state index contributed by atoms with van der Waals surface area (Å²) in [4.78, 5) is 36.8.